The third kappa shape index (κ3) is 2.86. The van der Waals surface area contributed by atoms with E-state index in [-0.39, 0.29) is 5.71 Å². The Hall–Kier alpha value is -1.32. The van der Waals surface area contributed by atoms with Crippen LogP contribution in [0.5, 0.6) is 0 Å². The van der Waals surface area contributed by atoms with Crippen molar-refractivity contribution in [2.45, 2.75) is 6.92 Å². The van der Waals surface area contributed by atoms with Gasteiger partial charge in [-0.3, -0.25) is 5.41 Å². The fraction of sp³-hybridized carbons (Fsp3) is 0.333. The van der Waals surface area contributed by atoms with Gasteiger partial charge in [-0.25, -0.2) is 4.79 Å². The van der Waals surface area contributed by atoms with Crippen molar-refractivity contribution in [2.75, 3.05) is 7.11 Å². The summed E-state index contributed by atoms with van der Waals surface area (Å²) in [5, 5.41) is 6.99. The zero-order valence-electron chi connectivity index (χ0n) is 5.97. The summed E-state index contributed by atoms with van der Waals surface area (Å²) in [5.74, 6) is -0.676. The summed E-state index contributed by atoms with van der Waals surface area (Å²) in [7, 11) is 1.22. The number of methoxy groups -OCH3 is 1. The van der Waals surface area contributed by atoms with Gasteiger partial charge in [0.25, 0.3) is 0 Å². The highest BCUT2D eigenvalue weighted by Gasteiger charge is 2.04. The maximum absolute atomic E-state index is 10.5. The molecule has 0 radical (unpaired) electrons. The van der Waals surface area contributed by atoms with Crippen LogP contribution >= 0.6 is 0 Å². The van der Waals surface area contributed by atoms with Crippen LogP contribution < -0.4 is 5.73 Å². The number of carbonyl (C=O) groups is 1. The highest BCUT2D eigenvalue weighted by molar-refractivity contribution is 6.39. The molecule has 56 valence electrons. The molecule has 0 aromatic heterocycles. The molecule has 3 N–H and O–H groups in total. The lowest BCUT2D eigenvalue weighted by molar-refractivity contribution is -0.132. The molecule has 0 aliphatic heterocycles. The van der Waals surface area contributed by atoms with Crippen molar-refractivity contribution in [3.8, 4) is 0 Å². The van der Waals surface area contributed by atoms with Crippen molar-refractivity contribution >= 4 is 11.7 Å². The van der Waals surface area contributed by atoms with Gasteiger partial charge < -0.3 is 10.5 Å². The summed E-state index contributed by atoms with van der Waals surface area (Å²) in [6.07, 6.45) is 1.24. The number of carbonyl (C=O) groups excluding carboxylic acids is 1. The first-order valence-corrected chi connectivity index (χ1v) is 2.68. The molecule has 0 aromatic carbocycles. The molecule has 0 fully saturated rings. The van der Waals surface area contributed by atoms with Gasteiger partial charge >= 0.3 is 5.97 Å². The number of nitrogens with two attached hydrogens (primary N) is 1. The van der Waals surface area contributed by atoms with Gasteiger partial charge in [0.2, 0.25) is 0 Å². The molecule has 0 aliphatic carbocycles. The molecule has 0 heterocycles. The minimum Gasteiger partial charge on any atom is -0.464 e. The van der Waals surface area contributed by atoms with Crippen LogP contribution in [0, 0.1) is 5.41 Å². The number of ether oxygens (including phenoxy) is 1. The van der Waals surface area contributed by atoms with Gasteiger partial charge in [0, 0.05) is 5.70 Å². The van der Waals surface area contributed by atoms with E-state index in [1.807, 2.05) is 0 Å². The first kappa shape index (κ1) is 8.68. The van der Waals surface area contributed by atoms with Crippen LogP contribution in [0.15, 0.2) is 11.8 Å². The summed E-state index contributed by atoms with van der Waals surface area (Å²) in [4.78, 5) is 10.5. The molecule has 0 aromatic rings. The van der Waals surface area contributed by atoms with E-state index >= 15 is 0 Å². The van der Waals surface area contributed by atoms with Gasteiger partial charge in [0.1, 0.15) is 5.71 Å². The summed E-state index contributed by atoms with van der Waals surface area (Å²) < 4.78 is 4.25. The maximum atomic E-state index is 10.5. The lowest BCUT2D eigenvalue weighted by atomic mass is 10.3. The molecule has 10 heavy (non-hydrogen) atoms. The van der Waals surface area contributed by atoms with Gasteiger partial charge in [-0.05, 0) is 13.0 Å². The van der Waals surface area contributed by atoms with Crippen molar-refractivity contribution in [1.29, 1.82) is 5.41 Å². The highest BCUT2D eigenvalue weighted by atomic mass is 16.5. The van der Waals surface area contributed by atoms with E-state index in [4.69, 9.17) is 11.1 Å². The average Bonchev–Trinajstić information content (AvgIpc) is 1.85. The average molecular weight is 142 g/mol. The normalized spacial score (nSPS) is 10.8. The Morgan fingerprint density at radius 1 is 1.70 bits per heavy atom. The van der Waals surface area contributed by atoms with Crippen LogP contribution in [0.25, 0.3) is 0 Å². The van der Waals surface area contributed by atoms with Crippen molar-refractivity contribution in [3.63, 3.8) is 0 Å². The van der Waals surface area contributed by atoms with Crippen LogP contribution in [-0.2, 0) is 9.53 Å². The van der Waals surface area contributed by atoms with E-state index in [0.29, 0.717) is 5.70 Å². The van der Waals surface area contributed by atoms with Crippen LogP contribution in [0.3, 0.4) is 0 Å². The number of allylic oxidation sites excluding steroid dienone is 1. The predicted molar refractivity (Wildman–Crippen MR) is 37.7 cm³/mol. The number of rotatable bonds is 2. The summed E-state index contributed by atoms with van der Waals surface area (Å²) in [5.41, 5.74) is 5.38. The lowest BCUT2D eigenvalue weighted by Crippen LogP contribution is -2.13. The second kappa shape index (κ2) is 3.66. The van der Waals surface area contributed by atoms with E-state index in [2.05, 4.69) is 4.74 Å². The van der Waals surface area contributed by atoms with Crippen LogP contribution in [-0.4, -0.2) is 18.8 Å². The molecule has 0 spiro atoms. The summed E-state index contributed by atoms with van der Waals surface area (Å²) >= 11 is 0. The molecule has 4 nitrogen and oxygen atoms in total. The quantitative estimate of drug-likeness (QED) is 0.422. The lowest BCUT2D eigenvalue weighted by Gasteiger charge is -1.94. The molecule has 0 bridgehead atoms. The third-order valence-corrected chi connectivity index (χ3v) is 0.777. The van der Waals surface area contributed by atoms with E-state index in [1.165, 1.54) is 13.2 Å². The molecule has 4 heteroatoms. The molecule has 0 rings (SSSR count). The fourth-order valence-corrected chi connectivity index (χ4v) is 0.397. The number of hydrogen-bond acceptors (Lipinski definition) is 4. The molecule has 0 aliphatic rings. The van der Waals surface area contributed by atoms with Crippen molar-refractivity contribution in [1.82, 2.24) is 0 Å². The number of nitrogens with one attached hydrogen (secondary N) is 1. The minimum absolute atomic E-state index is 0.234. The van der Waals surface area contributed by atoms with Gasteiger partial charge in [-0.2, -0.15) is 0 Å². The number of hydrogen-bond donors (Lipinski definition) is 2. The monoisotopic (exact) mass is 142 g/mol. The second-order valence-corrected chi connectivity index (χ2v) is 1.79. The molecular formula is C6H10N2O2. The highest BCUT2D eigenvalue weighted by Crippen LogP contribution is 1.85. The van der Waals surface area contributed by atoms with Gasteiger partial charge in [-0.1, -0.05) is 0 Å². The van der Waals surface area contributed by atoms with E-state index < -0.39 is 5.97 Å². The maximum Gasteiger partial charge on any atom is 0.355 e. The topological polar surface area (TPSA) is 76.2 Å². The molecular weight excluding hydrogens is 132 g/mol. The third-order valence-electron chi connectivity index (χ3n) is 0.777. The first-order valence-electron chi connectivity index (χ1n) is 2.68. The zero-order valence-corrected chi connectivity index (χ0v) is 5.97. The Kier molecular flexibility index (Phi) is 3.17. The standard InChI is InChI=1S/C6H10N2O2/c1-4(7)3-5(8)6(9)10-2/h3,8H,7H2,1-2H3. The van der Waals surface area contributed by atoms with Crippen molar-refractivity contribution in [3.05, 3.63) is 11.8 Å². The van der Waals surface area contributed by atoms with Crippen LogP contribution in [0.2, 0.25) is 0 Å². The SMILES string of the molecule is COC(=O)C(=N)C=C(C)N. The minimum atomic E-state index is -0.676. The molecule has 0 saturated carbocycles. The van der Waals surface area contributed by atoms with Gasteiger partial charge in [-0.15, -0.1) is 0 Å². The van der Waals surface area contributed by atoms with Crippen molar-refractivity contribution in [2.24, 2.45) is 5.73 Å². The second-order valence-electron chi connectivity index (χ2n) is 1.79. The Morgan fingerprint density at radius 3 is 2.50 bits per heavy atom. The molecule has 0 unspecified atom stereocenters. The largest absolute Gasteiger partial charge is 0.464 e. The van der Waals surface area contributed by atoms with Gasteiger partial charge in [0.15, 0.2) is 0 Å². The Labute approximate surface area is 59.2 Å². The number of esters is 1. The van der Waals surface area contributed by atoms with E-state index in [9.17, 15) is 4.79 Å². The van der Waals surface area contributed by atoms with Crippen LogP contribution in [0.1, 0.15) is 6.92 Å². The first-order chi connectivity index (χ1) is 4.57. The Bertz CT molecular complexity index is 180. The predicted octanol–water partition coefficient (Wildman–Crippen LogP) is 0.0417. The van der Waals surface area contributed by atoms with Crippen molar-refractivity contribution < 1.29 is 9.53 Å². The zero-order chi connectivity index (χ0) is 8.15. The van der Waals surface area contributed by atoms with E-state index in [1.54, 1.807) is 6.92 Å². The summed E-state index contributed by atoms with van der Waals surface area (Å²) in [6, 6.07) is 0. The Morgan fingerprint density at radius 2 is 2.20 bits per heavy atom. The molecule has 0 saturated heterocycles. The fourth-order valence-electron chi connectivity index (χ4n) is 0.397. The smallest absolute Gasteiger partial charge is 0.355 e. The molecule has 0 amide bonds. The molecule has 0 atom stereocenters. The summed E-state index contributed by atoms with van der Waals surface area (Å²) in [6.45, 7) is 1.59. The van der Waals surface area contributed by atoms with Gasteiger partial charge in [0.05, 0.1) is 7.11 Å². The van der Waals surface area contributed by atoms with E-state index in [0.717, 1.165) is 0 Å². The Balaban J connectivity index is 4.11. The van der Waals surface area contributed by atoms with Crippen LogP contribution in [0.4, 0.5) is 0 Å².